The highest BCUT2D eigenvalue weighted by atomic mass is 19.1. The summed E-state index contributed by atoms with van der Waals surface area (Å²) in [5.41, 5.74) is 2.63. The Labute approximate surface area is 159 Å². The number of nitrogens with one attached hydrogen (secondary N) is 1. The Hall–Kier alpha value is -3.35. The number of aromatic nitrogens is 4. The fourth-order valence-corrected chi connectivity index (χ4v) is 3.72. The molecule has 0 amide bonds. The molecule has 7 heteroatoms. The Bertz CT molecular complexity index is 1240. The van der Waals surface area contributed by atoms with E-state index in [1.165, 1.54) is 6.07 Å². The van der Waals surface area contributed by atoms with E-state index in [0.29, 0.717) is 33.1 Å². The van der Waals surface area contributed by atoms with E-state index in [0.717, 1.165) is 18.5 Å². The van der Waals surface area contributed by atoms with Gasteiger partial charge in [0.15, 0.2) is 5.82 Å². The highest BCUT2D eigenvalue weighted by molar-refractivity contribution is 5.87. The molecule has 5 rings (SSSR count). The van der Waals surface area contributed by atoms with Gasteiger partial charge in [-0.05, 0) is 48.5 Å². The van der Waals surface area contributed by atoms with E-state index < -0.39 is 5.82 Å². The molecule has 0 saturated carbocycles. The summed E-state index contributed by atoms with van der Waals surface area (Å²) in [6.45, 7) is 0.855. The number of hydrogen-bond donors (Lipinski definition) is 1. The van der Waals surface area contributed by atoms with Gasteiger partial charge in [0.05, 0.1) is 11.2 Å². The van der Waals surface area contributed by atoms with Crippen LogP contribution in [0.5, 0.6) is 0 Å². The molecule has 4 aromatic rings. The highest BCUT2D eigenvalue weighted by Gasteiger charge is 2.16. The summed E-state index contributed by atoms with van der Waals surface area (Å²) < 4.78 is 30.8. The van der Waals surface area contributed by atoms with Gasteiger partial charge in [0.1, 0.15) is 11.3 Å². The molecule has 2 aromatic heterocycles. The minimum absolute atomic E-state index is 0.156. The van der Waals surface area contributed by atoms with Crippen molar-refractivity contribution in [2.24, 2.45) is 7.05 Å². The van der Waals surface area contributed by atoms with Crippen molar-refractivity contribution in [3.63, 3.8) is 0 Å². The molecule has 5 nitrogen and oxygen atoms in total. The molecule has 0 aliphatic carbocycles. The van der Waals surface area contributed by atoms with Crippen LogP contribution in [0.15, 0.2) is 48.8 Å². The Kier molecular flexibility index (Phi) is 3.82. The topological polar surface area (TPSA) is 55.6 Å². The van der Waals surface area contributed by atoms with Crippen LogP contribution in [-0.4, -0.2) is 26.5 Å². The van der Waals surface area contributed by atoms with E-state index >= 15 is 0 Å². The summed E-state index contributed by atoms with van der Waals surface area (Å²) in [6, 6.07) is 8.20. The lowest BCUT2D eigenvalue weighted by molar-refractivity contribution is 0.624. The maximum atomic E-state index is 14.8. The Morgan fingerprint density at radius 3 is 2.79 bits per heavy atom. The molecule has 1 N–H and O–H groups in total. The van der Waals surface area contributed by atoms with Crippen molar-refractivity contribution >= 4 is 21.8 Å². The van der Waals surface area contributed by atoms with Crippen molar-refractivity contribution in [1.29, 1.82) is 0 Å². The molecule has 0 bridgehead atoms. The van der Waals surface area contributed by atoms with Crippen molar-refractivity contribution in [3.8, 4) is 11.3 Å². The normalized spacial score (nSPS) is 16.6. The highest BCUT2D eigenvalue weighted by Crippen LogP contribution is 2.30. The van der Waals surface area contributed by atoms with Gasteiger partial charge in [-0.3, -0.25) is 4.68 Å². The summed E-state index contributed by atoms with van der Waals surface area (Å²) in [5.74, 6) is -0.634. The summed E-state index contributed by atoms with van der Waals surface area (Å²) in [6.07, 6.45) is 6.55. The van der Waals surface area contributed by atoms with E-state index in [1.54, 1.807) is 36.1 Å². The zero-order valence-corrected chi connectivity index (χ0v) is 15.2. The Balaban J connectivity index is 1.61. The molecule has 1 unspecified atom stereocenters. The van der Waals surface area contributed by atoms with Crippen molar-refractivity contribution in [2.45, 2.75) is 12.3 Å². The van der Waals surface area contributed by atoms with Crippen LogP contribution in [0, 0.1) is 11.6 Å². The fourth-order valence-electron chi connectivity index (χ4n) is 3.72. The van der Waals surface area contributed by atoms with E-state index in [9.17, 15) is 8.78 Å². The molecule has 3 heterocycles. The largest absolute Gasteiger partial charge is 0.391 e. The minimum Gasteiger partial charge on any atom is -0.391 e. The summed E-state index contributed by atoms with van der Waals surface area (Å²) in [5, 5.41) is 16.7. The van der Waals surface area contributed by atoms with Crippen LogP contribution in [0.3, 0.4) is 0 Å². The Morgan fingerprint density at radius 2 is 1.96 bits per heavy atom. The SMILES string of the molecule is Cn1cc2cc(-c3cc4c(F)cc(C5C=CNCC5)cc4nn3)cc(F)c2n1. The number of aryl methyl sites for hydroxylation is 1. The quantitative estimate of drug-likeness (QED) is 0.573. The third kappa shape index (κ3) is 2.79. The van der Waals surface area contributed by atoms with Crippen molar-refractivity contribution in [1.82, 2.24) is 25.3 Å². The predicted octanol–water partition coefficient (Wildman–Crippen LogP) is 4.05. The van der Waals surface area contributed by atoms with Gasteiger partial charge in [-0.15, -0.1) is 10.2 Å². The second-order valence-electron chi connectivity index (χ2n) is 7.07. The van der Waals surface area contributed by atoms with Crippen LogP contribution in [0.2, 0.25) is 0 Å². The summed E-state index contributed by atoms with van der Waals surface area (Å²) >= 11 is 0. The van der Waals surface area contributed by atoms with E-state index in [4.69, 9.17) is 0 Å². The third-order valence-corrected chi connectivity index (χ3v) is 5.12. The number of benzene rings is 2. The smallest absolute Gasteiger partial charge is 0.151 e. The minimum atomic E-state index is -0.441. The third-order valence-electron chi connectivity index (χ3n) is 5.12. The van der Waals surface area contributed by atoms with Crippen molar-refractivity contribution in [3.05, 3.63) is 66.0 Å². The van der Waals surface area contributed by atoms with Gasteiger partial charge < -0.3 is 5.32 Å². The second-order valence-corrected chi connectivity index (χ2v) is 7.07. The van der Waals surface area contributed by atoms with E-state index in [-0.39, 0.29) is 11.7 Å². The number of allylic oxidation sites excluding steroid dienone is 1. The van der Waals surface area contributed by atoms with Crippen LogP contribution in [0.25, 0.3) is 33.1 Å². The maximum absolute atomic E-state index is 14.8. The first-order valence-electron chi connectivity index (χ1n) is 9.09. The predicted molar refractivity (Wildman–Crippen MR) is 104 cm³/mol. The molecular formula is C21H17F2N5. The van der Waals surface area contributed by atoms with Gasteiger partial charge >= 0.3 is 0 Å². The molecule has 1 aliphatic rings. The molecule has 0 spiro atoms. The summed E-state index contributed by atoms with van der Waals surface area (Å²) in [4.78, 5) is 0. The monoisotopic (exact) mass is 377 g/mol. The molecular weight excluding hydrogens is 360 g/mol. The lowest BCUT2D eigenvalue weighted by Gasteiger charge is -2.18. The maximum Gasteiger partial charge on any atom is 0.151 e. The van der Waals surface area contributed by atoms with Crippen molar-refractivity contribution in [2.75, 3.05) is 6.54 Å². The number of hydrogen-bond acceptors (Lipinski definition) is 4. The van der Waals surface area contributed by atoms with Crippen LogP contribution >= 0.6 is 0 Å². The number of halogens is 2. The zero-order chi connectivity index (χ0) is 19.3. The first kappa shape index (κ1) is 16.8. The van der Waals surface area contributed by atoms with Gasteiger partial charge in [0, 0.05) is 42.0 Å². The fraction of sp³-hybridized carbons (Fsp3) is 0.190. The molecule has 1 atom stereocenters. The van der Waals surface area contributed by atoms with E-state index in [1.807, 2.05) is 18.3 Å². The van der Waals surface area contributed by atoms with Crippen molar-refractivity contribution < 1.29 is 8.78 Å². The molecule has 28 heavy (non-hydrogen) atoms. The lowest BCUT2D eigenvalue weighted by Crippen LogP contribution is -2.16. The van der Waals surface area contributed by atoms with Crippen LogP contribution in [0.1, 0.15) is 17.9 Å². The van der Waals surface area contributed by atoms with Crippen LogP contribution < -0.4 is 5.32 Å². The molecule has 1 aliphatic heterocycles. The van der Waals surface area contributed by atoms with Gasteiger partial charge in [0.25, 0.3) is 0 Å². The second kappa shape index (κ2) is 6.37. The molecule has 140 valence electrons. The van der Waals surface area contributed by atoms with Gasteiger partial charge in [0.2, 0.25) is 0 Å². The first-order valence-corrected chi connectivity index (χ1v) is 9.09. The standard InChI is InChI=1S/C21H17F2N5/c1-28-11-15-6-14(8-18(23)21(15)27-28)19-10-16-17(22)7-13(9-20(16)26-25-19)12-2-4-24-5-3-12/h2,4,6-12,24H,3,5H2,1H3. The average Bonchev–Trinajstić information content (AvgIpc) is 3.09. The summed E-state index contributed by atoms with van der Waals surface area (Å²) in [7, 11) is 1.74. The number of nitrogens with zero attached hydrogens (tertiary/aromatic N) is 4. The van der Waals surface area contributed by atoms with Crippen LogP contribution in [0.4, 0.5) is 8.78 Å². The van der Waals surface area contributed by atoms with Gasteiger partial charge in [-0.1, -0.05) is 6.08 Å². The van der Waals surface area contributed by atoms with Crippen LogP contribution in [-0.2, 0) is 7.05 Å². The first-order chi connectivity index (χ1) is 13.6. The lowest BCUT2D eigenvalue weighted by atomic mass is 9.93. The van der Waals surface area contributed by atoms with Gasteiger partial charge in [-0.2, -0.15) is 5.10 Å². The molecule has 0 radical (unpaired) electrons. The number of fused-ring (bicyclic) bond motifs is 2. The number of rotatable bonds is 2. The average molecular weight is 377 g/mol. The molecule has 0 saturated heterocycles. The molecule has 2 aromatic carbocycles. The zero-order valence-electron chi connectivity index (χ0n) is 15.2. The van der Waals surface area contributed by atoms with Gasteiger partial charge in [-0.25, -0.2) is 8.78 Å². The van der Waals surface area contributed by atoms with E-state index in [2.05, 4.69) is 20.6 Å². The Morgan fingerprint density at radius 1 is 1.07 bits per heavy atom. The molecule has 0 fully saturated rings.